The largest absolute Gasteiger partial charge is 0.308 e. The molecule has 0 aromatic heterocycles. The van der Waals surface area contributed by atoms with Gasteiger partial charge in [-0.3, -0.25) is 14.3 Å². The van der Waals surface area contributed by atoms with Crippen molar-refractivity contribution in [3.05, 3.63) is 42.5 Å². The van der Waals surface area contributed by atoms with E-state index in [9.17, 15) is 18.0 Å². The van der Waals surface area contributed by atoms with Crippen molar-refractivity contribution < 1.29 is 18.0 Å². The number of fused-ring (bicyclic) bond motifs is 1. The van der Waals surface area contributed by atoms with Gasteiger partial charge in [-0.25, -0.2) is 8.42 Å². The summed E-state index contributed by atoms with van der Waals surface area (Å²) in [5.74, 6) is 0.106. The van der Waals surface area contributed by atoms with E-state index in [2.05, 4.69) is 4.72 Å². The van der Waals surface area contributed by atoms with Gasteiger partial charge in [0, 0.05) is 25.1 Å². The Morgan fingerprint density at radius 2 is 1.78 bits per heavy atom. The maximum atomic E-state index is 13.2. The maximum absolute atomic E-state index is 13.2. The molecule has 32 heavy (non-hydrogen) atoms. The second kappa shape index (κ2) is 8.58. The Kier molecular flexibility index (Phi) is 5.99. The zero-order chi connectivity index (χ0) is 23.0. The number of rotatable bonds is 5. The quantitative estimate of drug-likeness (QED) is 0.738. The Morgan fingerprint density at radius 1 is 1.06 bits per heavy atom. The number of nitrogens with zero attached hydrogens (tertiary/aromatic N) is 2. The molecule has 0 saturated heterocycles. The van der Waals surface area contributed by atoms with E-state index in [0.717, 1.165) is 41.8 Å². The first-order valence-electron chi connectivity index (χ1n) is 11.1. The minimum absolute atomic E-state index is 0.00657. The fourth-order valence-corrected chi connectivity index (χ4v) is 5.01. The number of hydrogen-bond donors (Lipinski definition) is 1. The van der Waals surface area contributed by atoms with Gasteiger partial charge in [-0.05, 0) is 62.1 Å². The number of carbonyl (C=O) groups is 2. The Bertz CT molecular complexity index is 1160. The third-order valence-corrected chi connectivity index (χ3v) is 7.63. The van der Waals surface area contributed by atoms with Crippen LogP contribution in [0.5, 0.6) is 0 Å². The highest BCUT2D eigenvalue weighted by Gasteiger charge is 2.37. The summed E-state index contributed by atoms with van der Waals surface area (Å²) < 4.78 is 26.5. The van der Waals surface area contributed by atoms with Crippen LogP contribution in [-0.4, -0.2) is 38.6 Å². The maximum Gasteiger partial charge on any atom is 0.232 e. The predicted octanol–water partition coefficient (Wildman–Crippen LogP) is 4.00. The Morgan fingerprint density at radius 3 is 2.41 bits per heavy atom. The van der Waals surface area contributed by atoms with Crippen LogP contribution >= 0.6 is 0 Å². The zero-order valence-corrected chi connectivity index (χ0v) is 19.5. The molecule has 4 rings (SSSR count). The summed E-state index contributed by atoms with van der Waals surface area (Å²) in [6, 6.07) is 12.8. The van der Waals surface area contributed by atoms with E-state index in [1.165, 1.54) is 0 Å². The molecule has 170 valence electrons. The van der Waals surface area contributed by atoms with Crippen molar-refractivity contribution in [3.63, 3.8) is 0 Å². The second-order valence-electron chi connectivity index (χ2n) is 8.60. The average Bonchev–Trinajstić information content (AvgIpc) is 2.71. The summed E-state index contributed by atoms with van der Waals surface area (Å²) in [7, 11) is -3.38. The van der Waals surface area contributed by atoms with Crippen LogP contribution in [0.15, 0.2) is 42.5 Å². The number of carbonyl (C=O) groups excluding carboxylic acids is 2. The lowest BCUT2D eigenvalue weighted by molar-refractivity contribution is -0.125. The highest BCUT2D eigenvalue weighted by Crippen LogP contribution is 2.41. The molecular formula is C24H29N3O4S. The molecule has 1 aliphatic heterocycles. The van der Waals surface area contributed by atoms with Gasteiger partial charge in [0.05, 0.1) is 23.2 Å². The van der Waals surface area contributed by atoms with Crippen LogP contribution in [0.1, 0.15) is 40.0 Å². The molecule has 1 N–H and O–H groups in total. The second-order valence-corrected chi connectivity index (χ2v) is 10.6. The van der Waals surface area contributed by atoms with Crippen LogP contribution in [0.25, 0.3) is 11.1 Å². The van der Waals surface area contributed by atoms with E-state index >= 15 is 0 Å². The van der Waals surface area contributed by atoms with Gasteiger partial charge in [0.25, 0.3) is 0 Å². The SMILES string of the molecule is CCS(=O)(=O)Nc1cccc(-c2ccc3c(c2)N(C(=O)C2CCC2)C[C@H](C)N3C(C)=O)c1. The summed E-state index contributed by atoms with van der Waals surface area (Å²) in [6.07, 6.45) is 2.90. The molecule has 0 spiro atoms. The summed E-state index contributed by atoms with van der Waals surface area (Å²) in [6.45, 7) is 5.55. The van der Waals surface area contributed by atoms with Gasteiger partial charge in [-0.2, -0.15) is 0 Å². The van der Waals surface area contributed by atoms with Gasteiger partial charge >= 0.3 is 0 Å². The lowest BCUT2D eigenvalue weighted by atomic mass is 9.84. The Labute approximate surface area is 189 Å². The Balaban J connectivity index is 1.75. The van der Waals surface area contributed by atoms with Crippen molar-refractivity contribution in [2.75, 3.05) is 26.8 Å². The number of hydrogen-bond acceptors (Lipinski definition) is 4. The molecule has 8 heteroatoms. The number of anilines is 3. The number of nitrogens with one attached hydrogen (secondary N) is 1. The standard InChI is InChI=1S/C24H29N3O4S/c1-4-32(30,31)25-21-10-6-9-19(13-21)20-11-12-22-23(14-20)26(24(29)18-7-5-8-18)15-16(2)27(22)17(3)28/h6,9-14,16,18,25H,4-5,7-8,15H2,1-3H3/t16-/m0/s1. The van der Waals surface area contributed by atoms with Crippen molar-refractivity contribution in [3.8, 4) is 11.1 Å². The monoisotopic (exact) mass is 455 g/mol. The van der Waals surface area contributed by atoms with Crippen molar-refractivity contribution in [2.24, 2.45) is 5.92 Å². The average molecular weight is 456 g/mol. The molecule has 1 heterocycles. The van der Waals surface area contributed by atoms with Crippen LogP contribution in [0.2, 0.25) is 0 Å². The van der Waals surface area contributed by atoms with Crippen molar-refractivity contribution >= 4 is 38.9 Å². The van der Waals surface area contributed by atoms with Crippen molar-refractivity contribution in [1.29, 1.82) is 0 Å². The fourth-order valence-electron chi connectivity index (χ4n) is 4.38. The van der Waals surface area contributed by atoms with Gasteiger partial charge in [-0.1, -0.05) is 24.6 Å². The summed E-state index contributed by atoms with van der Waals surface area (Å²) in [5, 5.41) is 0. The van der Waals surface area contributed by atoms with Gasteiger partial charge in [0.1, 0.15) is 0 Å². The minimum atomic E-state index is -3.38. The molecule has 1 saturated carbocycles. The lowest BCUT2D eigenvalue weighted by Gasteiger charge is -2.43. The van der Waals surface area contributed by atoms with E-state index < -0.39 is 10.0 Å². The van der Waals surface area contributed by atoms with Gasteiger partial charge < -0.3 is 9.80 Å². The topological polar surface area (TPSA) is 86.8 Å². The molecule has 0 unspecified atom stereocenters. The predicted molar refractivity (Wildman–Crippen MR) is 127 cm³/mol. The van der Waals surface area contributed by atoms with Gasteiger partial charge in [0.2, 0.25) is 21.8 Å². The van der Waals surface area contributed by atoms with E-state index in [4.69, 9.17) is 0 Å². The first-order valence-corrected chi connectivity index (χ1v) is 12.7. The Hall–Kier alpha value is -2.87. The van der Waals surface area contributed by atoms with Crippen molar-refractivity contribution in [2.45, 2.75) is 46.1 Å². The molecule has 2 aromatic rings. The molecule has 1 fully saturated rings. The molecule has 2 aromatic carbocycles. The summed E-state index contributed by atoms with van der Waals surface area (Å²) in [5.41, 5.74) is 3.63. The molecule has 0 bridgehead atoms. The minimum Gasteiger partial charge on any atom is -0.308 e. The van der Waals surface area contributed by atoms with Crippen LogP contribution in [0, 0.1) is 5.92 Å². The van der Waals surface area contributed by atoms with Crippen LogP contribution < -0.4 is 14.5 Å². The number of benzene rings is 2. The summed E-state index contributed by atoms with van der Waals surface area (Å²) >= 11 is 0. The third kappa shape index (κ3) is 4.24. The molecule has 0 radical (unpaired) electrons. The molecule has 7 nitrogen and oxygen atoms in total. The van der Waals surface area contributed by atoms with Crippen LogP contribution in [0.3, 0.4) is 0 Å². The highest BCUT2D eigenvalue weighted by molar-refractivity contribution is 7.92. The normalized spacial score (nSPS) is 18.7. The first kappa shape index (κ1) is 22.3. The highest BCUT2D eigenvalue weighted by atomic mass is 32.2. The molecular weight excluding hydrogens is 426 g/mol. The van der Waals surface area contributed by atoms with Crippen molar-refractivity contribution in [1.82, 2.24) is 0 Å². The number of amides is 2. The van der Waals surface area contributed by atoms with E-state index in [-0.39, 0.29) is 29.5 Å². The van der Waals surface area contributed by atoms with Gasteiger partial charge in [-0.15, -0.1) is 0 Å². The smallest absolute Gasteiger partial charge is 0.232 e. The lowest BCUT2D eigenvalue weighted by Crippen LogP contribution is -2.53. The van der Waals surface area contributed by atoms with Crippen LogP contribution in [-0.2, 0) is 19.6 Å². The molecule has 1 aliphatic carbocycles. The van der Waals surface area contributed by atoms with E-state index in [1.807, 2.05) is 36.1 Å². The number of sulfonamides is 1. The molecule has 1 atom stereocenters. The first-order chi connectivity index (χ1) is 15.2. The summed E-state index contributed by atoms with van der Waals surface area (Å²) in [4.78, 5) is 29.1. The van der Waals surface area contributed by atoms with Crippen LogP contribution in [0.4, 0.5) is 17.1 Å². The van der Waals surface area contributed by atoms with Gasteiger partial charge in [0.15, 0.2) is 0 Å². The molecule has 2 aliphatic rings. The fraction of sp³-hybridized carbons (Fsp3) is 0.417. The zero-order valence-electron chi connectivity index (χ0n) is 18.7. The van der Waals surface area contributed by atoms with E-state index in [0.29, 0.717) is 12.2 Å². The molecule has 2 amide bonds. The van der Waals surface area contributed by atoms with E-state index in [1.54, 1.807) is 36.9 Å². The third-order valence-electron chi connectivity index (χ3n) is 6.32.